The van der Waals surface area contributed by atoms with Crippen molar-refractivity contribution in [3.63, 3.8) is 0 Å². The van der Waals surface area contributed by atoms with Gasteiger partial charge in [0.2, 0.25) is 0 Å². The van der Waals surface area contributed by atoms with Crippen LogP contribution in [0.5, 0.6) is 0 Å². The Balaban J connectivity index is 1.49. The van der Waals surface area contributed by atoms with Crippen LogP contribution in [0.3, 0.4) is 0 Å². The van der Waals surface area contributed by atoms with Crippen molar-refractivity contribution in [1.82, 2.24) is 20.2 Å². The van der Waals surface area contributed by atoms with E-state index in [4.69, 9.17) is 0 Å². The van der Waals surface area contributed by atoms with Crippen molar-refractivity contribution in [2.45, 2.75) is 31.2 Å². The van der Waals surface area contributed by atoms with Crippen molar-refractivity contribution >= 4 is 32.4 Å². The van der Waals surface area contributed by atoms with Crippen LogP contribution in [0.15, 0.2) is 47.9 Å². The number of sulfonamides is 1. The van der Waals surface area contributed by atoms with Crippen molar-refractivity contribution in [3.8, 4) is 11.1 Å². The van der Waals surface area contributed by atoms with Crippen LogP contribution in [-0.4, -0.2) is 48.7 Å². The number of aromatic amines is 2. The van der Waals surface area contributed by atoms with E-state index >= 15 is 0 Å². The molecule has 0 bridgehead atoms. The Hall–Kier alpha value is -3.33. The molecule has 4 heterocycles. The molecule has 1 aliphatic heterocycles. The van der Waals surface area contributed by atoms with Gasteiger partial charge < -0.3 is 9.88 Å². The van der Waals surface area contributed by atoms with Gasteiger partial charge in [-0.15, -0.1) is 0 Å². The van der Waals surface area contributed by atoms with E-state index in [1.165, 1.54) is 40.7 Å². The highest BCUT2D eigenvalue weighted by Crippen LogP contribution is 2.41. The van der Waals surface area contributed by atoms with E-state index in [1.807, 2.05) is 13.1 Å². The first-order chi connectivity index (χ1) is 15.9. The summed E-state index contributed by atoms with van der Waals surface area (Å²) in [4.78, 5) is 10.3. The average Bonchev–Trinajstić information content (AvgIpc) is 3.20. The summed E-state index contributed by atoms with van der Waals surface area (Å²) < 4.78 is 27.9. The van der Waals surface area contributed by atoms with Gasteiger partial charge in [-0.2, -0.15) is 13.5 Å². The van der Waals surface area contributed by atoms with Crippen molar-refractivity contribution < 1.29 is 8.42 Å². The second kappa shape index (κ2) is 7.34. The summed E-state index contributed by atoms with van der Waals surface area (Å²) in [6, 6.07) is 8.07. The predicted molar refractivity (Wildman–Crippen MR) is 129 cm³/mol. The number of aryl methyl sites for hydroxylation is 1. The van der Waals surface area contributed by atoms with Gasteiger partial charge in [0, 0.05) is 43.8 Å². The van der Waals surface area contributed by atoms with E-state index in [-0.39, 0.29) is 5.03 Å². The van der Waals surface area contributed by atoms with Gasteiger partial charge in [0.05, 0.1) is 17.3 Å². The molecular formula is C24H26N6O2S. The molecule has 0 atom stereocenters. The molecule has 0 amide bonds. The van der Waals surface area contributed by atoms with E-state index in [2.05, 4.69) is 43.3 Å². The Bertz CT molecular complexity index is 1450. The summed E-state index contributed by atoms with van der Waals surface area (Å²) in [5.41, 5.74) is 6.74. The van der Waals surface area contributed by atoms with Gasteiger partial charge in [0.15, 0.2) is 5.03 Å². The number of rotatable bonds is 6. The van der Waals surface area contributed by atoms with E-state index in [9.17, 15) is 8.42 Å². The standard InChI is InChI=1S/C24H26N6O2S/c1-15-12-25-24-22(23(15)29(2)33(31,32)21-7-9-27-28-21)19(13-26-24)18-6-5-17-8-10-30(20(17)11-18)14-16-3-4-16/h5-7,9,11-13,16H,3-4,8,10,14H2,1-2H3,(H,25,26)(H,27,28). The van der Waals surface area contributed by atoms with Crippen LogP contribution in [0, 0.1) is 12.8 Å². The van der Waals surface area contributed by atoms with Gasteiger partial charge in [-0.25, -0.2) is 4.98 Å². The Kier molecular flexibility index (Phi) is 4.52. The summed E-state index contributed by atoms with van der Waals surface area (Å²) in [6.07, 6.45) is 8.82. The van der Waals surface area contributed by atoms with Crippen LogP contribution in [0.4, 0.5) is 11.4 Å². The Morgan fingerprint density at radius 2 is 2.09 bits per heavy atom. The van der Waals surface area contributed by atoms with Gasteiger partial charge >= 0.3 is 0 Å². The quantitative estimate of drug-likeness (QED) is 0.453. The summed E-state index contributed by atoms with van der Waals surface area (Å²) in [6.45, 7) is 4.08. The maximum atomic E-state index is 13.3. The first kappa shape index (κ1) is 20.3. The van der Waals surface area contributed by atoms with E-state index in [0.717, 1.165) is 47.5 Å². The highest BCUT2D eigenvalue weighted by molar-refractivity contribution is 7.92. The van der Waals surface area contributed by atoms with Crippen molar-refractivity contribution in [2.75, 3.05) is 29.3 Å². The highest BCUT2D eigenvalue weighted by Gasteiger charge is 2.30. The number of hydrogen-bond donors (Lipinski definition) is 2. The van der Waals surface area contributed by atoms with Gasteiger partial charge in [0.25, 0.3) is 10.0 Å². The van der Waals surface area contributed by atoms with Crippen LogP contribution in [0.2, 0.25) is 0 Å². The molecular weight excluding hydrogens is 436 g/mol. The molecule has 1 saturated carbocycles. The lowest BCUT2D eigenvalue weighted by atomic mass is 10.0. The third-order valence-corrected chi connectivity index (χ3v) is 8.54. The van der Waals surface area contributed by atoms with Crippen LogP contribution in [0.1, 0.15) is 24.0 Å². The lowest BCUT2D eigenvalue weighted by molar-refractivity contribution is 0.590. The maximum absolute atomic E-state index is 13.3. The minimum absolute atomic E-state index is 0.0553. The number of anilines is 2. The normalized spacial score (nSPS) is 15.9. The maximum Gasteiger partial charge on any atom is 0.281 e. The molecule has 4 aromatic rings. The summed E-state index contributed by atoms with van der Waals surface area (Å²) in [5, 5.41) is 7.25. The largest absolute Gasteiger partial charge is 0.371 e. The van der Waals surface area contributed by atoms with Crippen LogP contribution >= 0.6 is 0 Å². The van der Waals surface area contributed by atoms with Crippen molar-refractivity contribution in [1.29, 1.82) is 0 Å². The molecule has 0 radical (unpaired) electrons. The molecule has 0 saturated heterocycles. The summed E-state index contributed by atoms with van der Waals surface area (Å²) in [5.74, 6) is 0.826. The van der Waals surface area contributed by atoms with Crippen LogP contribution < -0.4 is 9.21 Å². The van der Waals surface area contributed by atoms with Crippen LogP contribution in [0.25, 0.3) is 22.2 Å². The van der Waals surface area contributed by atoms with Gasteiger partial charge in [-0.3, -0.25) is 9.40 Å². The molecule has 0 unspecified atom stereocenters. The molecule has 33 heavy (non-hydrogen) atoms. The molecule has 1 aliphatic carbocycles. The number of H-pyrrole nitrogens is 2. The SMILES string of the molecule is Cc1cnc2[nH]cc(-c3ccc4c(c3)N(CC3CC3)CC4)c2c1N(C)S(=O)(=O)c1ccn[nH]1. The zero-order valence-corrected chi connectivity index (χ0v) is 19.5. The minimum Gasteiger partial charge on any atom is -0.371 e. The smallest absolute Gasteiger partial charge is 0.281 e. The molecule has 0 spiro atoms. The van der Waals surface area contributed by atoms with E-state index < -0.39 is 10.0 Å². The van der Waals surface area contributed by atoms with E-state index in [1.54, 1.807) is 13.2 Å². The minimum atomic E-state index is -3.80. The summed E-state index contributed by atoms with van der Waals surface area (Å²) in [7, 11) is -2.22. The Morgan fingerprint density at radius 3 is 2.85 bits per heavy atom. The third kappa shape index (κ3) is 3.30. The predicted octanol–water partition coefficient (Wildman–Crippen LogP) is 3.86. The first-order valence-corrected chi connectivity index (χ1v) is 12.7. The molecule has 1 fully saturated rings. The number of nitrogens with zero attached hydrogens (tertiary/aromatic N) is 4. The molecule has 3 aromatic heterocycles. The lowest BCUT2D eigenvalue weighted by Gasteiger charge is -2.22. The fourth-order valence-corrected chi connectivity index (χ4v) is 6.05. The zero-order chi connectivity index (χ0) is 22.7. The number of nitrogens with one attached hydrogen (secondary N) is 2. The third-order valence-electron chi connectivity index (χ3n) is 6.85. The first-order valence-electron chi connectivity index (χ1n) is 11.3. The number of benzene rings is 1. The fourth-order valence-electron chi connectivity index (χ4n) is 4.88. The fraction of sp³-hybridized carbons (Fsp3) is 0.333. The Morgan fingerprint density at radius 1 is 1.24 bits per heavy atom. The number of pyridine rings is 1. The number of aromatic nitrogens is 4. The molecule has 1 aromatic carbocycles. The van der Waals surface area contributed by atoms with E-state index in [0.29, 0.717) is 11.3 Å². The molecule has 8 nitrogen and oxygen atoms in total. The molecule has 2 N–H and O–H groups in total. The second-order valence-corrected chi connectivity index (χ2v) is 11.0. The van der Waals surface area contributed by atoms with Gasteiger partial charge in [0.1, 0.15) is 5.65 Å². The summed E-state index contributed by atoms with van der Waals surface area (Å²) >= 11 is 0. The van der Waals surface area contributed by atoms with Crippen LogP contribution in [-0.2, 0) is 16.4 Å². The molecule has 9 heteroatoms. The number of fused-ring (bicyclic) bond motifs is 2. The zero-order valence-electron chi connectivity index (χ0n) is 18.7. The highest BCUT2D eigenvalue weighted by atomic mass is 32.2. The number of hydrogen-bond acceptors (Lipinski definition) is 5. The topological polar surface area (TPSA) is 98.0 Å². The molecule has 2 aliphatic rings. The van der Waals surface area contributed by atoms with Crippen molar-refractivity contribution in [3.05, 3.63) is 54.0 Å². The Labute approximate surface area is 192 Å². The molecule has 6 rings (SSSR count). The average molecular weight is 463 g/mol. The van der Waals surface area contributed by atoms with Crippen molar-refractivity contribution in [2.24, 2.45) is 5.92 Å². The van der Waals surface area contributed by atoms with Gasteiger partial charge in [-0.05, 0) is 60.9 Å². The molecule has 170 valence electrons. The van der Waals surface area contributed by atoms with Gasteiger partial charge in [-0.1, -0.05) is 12.1 Å². The monoisotopic (exact) mass is 462 g/mol. The lowest BCUT2D eigenvalue weighted by Crippen LogP contribution is -2.28. The second-order valence-electron chi connectivity index (χ2n) is 9.09.